The van der Waals surface area contributed by atoms with Crippen molar-refractivity contribution in [2.45, 2.75) is 0 Å². The topological polar surface area (TPSA) is 28.7 Å². The molecule has 3 heteroatoms. The van der Waals surface area contributed by atoms with E-state index in [-0.39, 0.29) is 0 Å². The molecular weight excluding hydrogens is 480 g/mol. The average Bonchev–Trinajstić information content (AvgIpc) is 3.22. The van der Waals surface area contributed by atoms with Gasteiger partial charge in [0, 0.05) is 15.2 Å². The van der Waals surface area contributed by atoms with Gasteiger partial charge in [0.05, 0.1) is 28.4 Å². The molecule has 34 heavy (non-hydrogen) atoms. The van der Waals surface area contributed by atoms with E-state index in [0.29, 0.717) is 5.56 Å². The predicted molar refractivity (Wildman–Crippen MR) is 144 cm³/mol. The average molecular weight is 499 g/mol. The zero-order valence-corrected chi connectivity index (χ0v) is 19.8. The van der Waals surface area contributed by atoms with E-state index in [2.05, 4.69) is 111 Å². The molecule has 1 aromatic heterocycles. The Bertz CT molecular complexity index is 1610. The second-order valence-corrected chi connectivity index (χ2v) is 9.16. The number of hydrogen-bond donors (Lipinski definition) is 0. The molecular formula is C31H19BrN2. The Labute approximate surface area is 206 Å². The maximum absolute atomic E-state index is 9.33. The fraction of sp³-hybridized carbons (Fsp3) is 0. The first-order valence-corrected chi connectivity index (χ1v) is 11.9. The van der Waals surface area contributed by atoms with Gasteiger partial charge in [0.15, 0.2) is 0 Å². The normalized spacial score (nSPS) is 11.1. The summed E-state index contributed by atoms with van der Waals surface area (Å²) < 4.78 is 3.17. The van der Waals surface area contributed by atoms with Crippen molar-refractivity contribution in [2.24, 2.45) is 0 Å². The van der Waals surface area contributed by atoms with Crippen molar-refractivity contribution < 1.29 is 0 Å². The lowest BCUT2D eigenvalue weighted by molar-refractivity contribution is 1.17. The molecule has 0 saturated heterocycles. The van der Waals surface area contributed by atoms with E-state index in [4.69, 9.17) is 0 Å². The lowest BCUT2D eigenvalue weighted by atomic mass is 10.0. The van der Waals surface area contributed by atoms with Gasteiger partial charge in [0.2, 0.25) is 0 Å². The van der Waals surface area contributed by atoms with Crippen molar-refractivity contribution in [1.29, 1.82) is 5.26 Å². The third kappa shape index (κ3) is 3.41. The number of halogens is 1. The number of fused-ring (bicyclic) bond motifs is 3. The van der Waals surface area contributed by atoms with Gasteiger partial charge < -0.3 is 4.57 Å². The van der Waals surface area contributed by atoms with Gasteiger partial charge in [-0.3, -0.25) is 0 Å². The monoisotopic (exact) mass is 498 g/mol. The van der Waals surface area contributed by atoms with E-state index in [1.165, 1.54) is 33.0 Å². The summed E-state index contributed by atoms with van der Waals surface area (Å²) in [6, 6.07) is 42.3. The Morgan fingerprint density at radius 1 is 0.559 bits per heavy atom. The molecule has 0 unspecified atom stereocenters. The number of nitrogens with zero attached hydrogens (tertiary/aromatic N) is 2. The molecule has 0 aliphatic rings. The first-order valence-electron chi connectivity index (χ1n) is 11.1. The first-order chi connectivity index (χ1) is 16.7. The van der Waals surface area contributed by atoms with Gasteiger partial charge in [-0.1, -0.05) is 72.8 Å². The summed E-state index contributed by atoms with van der Waals surface area (Å²) in [4.78, 5) is 0. The standard InChI is InChI=1S/C31H19BrN2/c32-28-17-21(20-33)11-14-31(28)34-29-15-12-24(22-7-3-1-4-8-22)18-26(29)27-19-25(13-16-30(27)34)23-9-5-2-6-10-23/h1-19H. The van der Waals surface area contributed by atoms with Gasteiger partial charge in [-0.15, -0.1) is 0 Å². The number of benzene rings is 5. The van der Waals surface area contributed by atoms with Crippen LogP contribution in [0.3, 0.4) is 0 Å². The van der Waals surface area contributed by atoms with Gasteiger partial charge >= 0.3 is 0 Å². The van der Waals surface area contributed by atoms with Crippen LogP contribution in [0.15, 0.2) is 120 Å². The molecule has 0 atom stereocenters. The second kappa shape index (κ2) is 8.33. The molecule has 2 nitrogen and oxygen atoms in total. The summed E-state index contributed by atoms with van der Waals surface area (Å²) in [5.74, 6) is 0. The number of rotatable bonds is 3. The van der Waals surface area contributed by atoms with E-state index in [9.17, 15) is 5.26 Å². The van der Waals surface area contributed by atoms with Crippen molar-refractivity contribution in [3.63, 3.8) is 0 Å². The molecule has 160 valence electrons. The quantitative estimate of drug-likeness (QED) is 0.239. The molecule has 5 aromatic carbocycles. The highest BCUT2D eigenvalue weighted by Crippen LogP contribution is 2.38. The minimum absolute atomic E-state index is 0.633. The molecule has 0 amide bonds. The molecule has 0 fully saturated rings. The Morgan fingerprint density at radius 3 is 1.56 bits per heavy atom. The van der Waals surface area contributed by atoms with Crippen molar-refractivity contribution in [3.8, 4) is 34.0 Å². The second-order valence-electron chi connectivity index (χ2n) is 8.31. The Balaban J connectivity index is 1.67. The van der Waals surface area contributed by atoms with Crippen LogP contribution in [-0.4, -0.2) is 4.57 Å². The highest BCUT2D eigenvalue weighted by Gasteiger charge is 2.16. The molecule has 0 bridgehead atoms. The summed E-state index contributed by atoms with van der Waals surface area (Å²) in [5, 5.41) is 11.7. The molecule has 0 N–H and O–H groups in total. The molecule has 0 spiro atoms. The van der Waals surface area contributed by atoms with Crippen LogP contribution in [0.5, 0.6) is 0 Å². The maximum Gasteiger partial charge on any atom is 0.0992 e. The van der Waals surface area contributed by atoms with Crippen LogP contribution in [0.4, 0.5) is 0 Å². The highest BCUT2D eigenvalue weighted by molar-refractivity contribution is 9.10. The highest BCUT2D eigenvalue weighted by atomic mass is 79.9. The van der Waals surface area contributed by atoms with E-state index in [1.54, 1.807) is 0 Å². The molecule has 6 rings (SSSR count). The van der Waals surface area contributed by atoms with E-state index < -0.39 is 0 Å². The van der Waals surface area contributed by atoms with Gasteiger partial charge in [-0.05, 0) is 80.6 Å². The molecule has 0 aliphatic carbocycles. The number of aromatic nitrogens is 1. The third-order valence-corrected chi connectivity index (χ3v) is 6.93. The van der Waals surface area contributed by atoms with Crippen LogP contribution in [-0.2, 0) is 0 Å². The minimum Gasteiger partial charge on any atom is -0.308 e. The Kier molecular flexibility index (Phi) is 5.02. The summed E-state index contributed by atoms with van der Waals surface area (Å²) in [7, 11) is 0. The minimum atomic E-state index is 0.633. The van der Waals surface area contributed by atoms with E-state index in [0.717, 1.165) is 21.2 Å². The van der Waals surface area contributed by atoms with Crippen molar-refractivity contribution >= 4 is 37.7 Å². The van der Waals surface area contributed by atoms with Crippen LogP contribution in [0, 0.1) is 11.3 Å². The molecule has 0 aliphatic heterocycles. The SMILES string of the molecule is N#Cc1ccc(-n2c3ccc(-c4ccccc4)cc3c3cc(-c4ccccc4)ccc32)c(Br)c1. The largest absolute Gasteiger partial charge is 0.308 e. The summed E-state index contributed by atoms with van der Waals surface area (Å²) >= 11 is 3.71. The fourth-order valence-electron chi connectivity index (χ4n) is 4.66. The van der Waals surface area contributed by atoms with E-state index in [1.807, 2.05) is 30.3 Å². The smallest absolute Gasteiger partial charge is 0.0992 e. The molecule has 0 saturated carbocycles. The third-order valence-electron chi connectivity index (χ3n) is 6.30. The van der Waals surface area contributed by atoms with Gasteiger partial charge in [0.25, 0.3) is 0 Å². The van der Waals surface area contributed by atoms with Crippen molar-refractivity contribution in [1.82, 2.24) is 4.57 Å². The van der Waals surface area contributed by atoms with E-state index >= 15 is 0 Å². The number of hydrogen-bond acceptors (Lipinski definition) is 1. The van der Waals surface area contributed by atoms with Crippen LogP contribution >= 0.6 is 15.9 Å². The van der Waals surface area contributed by atoms with Crippen LogP contribution < -0.4 is 0 Å². The van der Waals surface area contributed by atoms with Crippen molar-refractivity contribution in [2.75, 3.05) is 0 Å². The van der Waals surface area contributed by atoms with Gasteiger partial charge in [0.1, 0.15) is 0 Å². The van der Waals surface area contributed by atoms with Gasteiger partial charge in [-0.25, -0.2) is 0 Å². The summed E-state index contributed by atoms with van der Waals surface area (Å²) in [6.45, 7) is 0. The fourth-order valence-corrected chi connectivity index (χ4v) is 5.22. The maximum atomic E-state index is 9.33. The van der Waals surface area contributed by atoms with Crippen LogP contribution in [0.25, 0.3) is 49.7 Å². The lowest BCUT2D eigenvalue weighted by Gasteiger charge is -2.11. The number of nitriles is 1. The van der Waals surface area contributed by atoms with Crippen LogP contribution in [0.1, 0.15) is 5.56 Å². The van der Waals surface area contributed by atoms with Crippen LogP contribution in [0.2, 0.25) is 0 Å². The molecule has 1 heterocycles. The molecule has 0 radical (unpaired) electrons. The van der Waals surface area contributed by atoms with Crippen molar-refractivity contribution in [3.05, 3.63) is 125 Å². The first kappa shape index (κ1) is 20.5. The predicted octanol–water partition coefficient (Wildman–Crippen LogP) is 8.75. The summed E-state index contributed by atoms with van der Waals surface area (Å²) in [5.41, 5.74) is 8.68. The summed E-state index contributed by atoms with van der Waals surface area (Å²) in [6.07, 6.45) is 0. The van der Waals surface area contributed by atoms with Gasteiger partial charge in [-0.2, -0.15) is 5.26 Å². The Morgan fingerprint density at radius 2 is 1.09 bits per heavy atom. The Hall–Kier alpha value is -4.13. The zero-order valence-electron chi connectivity index (χ0n) is 18.2. The molecule has 6 aromatic rings. The lowest BCUT2D eigenvalue weighted by Crippen LogP contribution is -1.95. The zero-order chi connectivity index (χ0) is 23.1.